The number of unbranched alkanes of at least 4 members (excludes halogenated alkanes) is 28. The van der Waals surface area contributed by atoms with Crippen molar-refractivity contribution in [1.82, 2.24) is 0 Å². The average molecular weight is 815 g/mol. The molecule has 0 saturated heterocycles. The fraction of sp³-hybridized carbons (Fsp3) is 0.827. The van der Waals surface area contributed by atoms with Crippen LogP contribution in [0.2, 0.25) is 0 Å². The van der Waals surface area contributed by atoms with Gasteiger partial charge in [-0.05, 0) is 77.0 Å². The molecule has 0 aromatic carbocycles. The first kappa shape index (κ1) is 55.6. The van der Waals surface area contributed by atoms with Crippen LogP contribution in [-0.4, -0.2) is 37.2 Å². The van der Waals surface area contributed by atoms with Gasteiger partial charge in [0.1, 0.15) is 13.2 Å². The average Bonchev–Trinajstić information content (AvgIpc) is 3.22. The van der Waals surface area contributed by atoms with Crippen molar-refractivity contribution >= 4 is 17.9 Å². The molecule has 0 aromatic rings. The van der Waals surface area contributed by atoms with Crippen LogP contribution in [0.15, 0.2) is 36.5 Å². The van der Waals surface area contributed by atoms with Crippen LogP contribution in [-0.2, 0) is 28.6 Å². The SMILES string of the molecule is CCCCC/C=C\C/C=C\CCCCCCCC(=O)OC(COC(=O)CCCCCCC/C=C\CCCCCCCCC)COC(=O)CCCCCCCCCCC. The van der Waals surface area contributed by atoms with Crippen LogP contribution in [0, 0.1) is 0 Å². The first-order valence-electron chi connectivity index (χ1n) is 25.0. The molecule has 0 aliphatic heterocycles. The van der Waals surface area contributed by atoms with Crippen LogP contribution in [0.3, 0.4) is 0 Å². The summed E-state index contributed by atoms with van der Waals surface area (Å²) < 4.78 is 16.7. The molecule has 0 aliphatic carbocycles. The summed E-state index contributed by atoms with van der Waals surface area (Å²) in [7, 11) is 0. The number of ether oxygens (including phenoxy) is 3. The third-order valence-electron chi connectivity index (χ3n) is 10.9. The molecular formula is C52H94O6. The van der Waals surface area contributed by atoms with E-state index in [9.17, 15) is 14.4 Å². The van der Waals surface area contributed by atoms with Crippen molar-refractivity contribution in [1.29, 1.82) is 0 Å². The molecule has 6 heteroatoms. The third-order valence-corrected chi connectivity index (χ3v) is 10.9. The first-order valence-corrected chi connectivity index (χ1v) is 25.0. The van der Waals surface area contributed by atoms with E-state index in [1.165, 1.54) is 128 Å². The number of esters is 3. The first-order chi connectivity index (χ1) is 28.5. The molecule has 0 spiro atoms. The predicted molar refractivity (Wildman–Crippen MR) is 247 cm³/mol. The van der Waals surface area contributed by atoms with Crippen molar-refractivity contribution in [2.45, 2.75) is 264 Å². The smallest absolute Gasteiger partial charge is 0.306 e. The van der Waals surface area contributed by atoms with Crippen LogP contribution in [0.5, 0.6) is 0 Å². The van der Waals surface area contributed by atoms with Gasteiger partial charge >= 0.3 is 17.9 Å². The number of carbonyl (C=O) groups excluding carboxylic acids is 3. The lowest BCUT2D eigenvalue weighted by Crippen LogP contribution is -2.30. The summed E-state index contributed by atoms with van der Waals surface area (Å²) in [6.45, 7) is 6.58. The summed E-state index contributed by atoms with van der Waals surface area (Å²) in [6.07, 6.45) is 54.1. The molecule has 0 fully saturated rings. The summed E-state index contributed by atoms with van der Waals surface area (Å²) in [6, 6.07) is 0. The lowest BCUT2D eigenvalue weighted by Gasteiger charge is -2.18. The normalized spacial score (nSPS) is 12.3. The Morgan fingerprint density at radius 2 is 0.621 bits per heavy atom. The van der Waals surface area contributed by atoms with Gasteiger partial charge in [-0.25, -0.2) is 0 Å². The quantitative estimate of drug-likeness (QED) is 0.0264. The van der Waals surface area contributed by atoms with Gasteiger partial charge in [0.15, 0.2) is 6.10 Å². The molecule has 0 aromatic heterocycles. The Hall–Kier alpha value is -2.37. The highest BCUT2D eigenvalue weighted by Crippen LogP contribution is 2.14. The van der Waals surface area contributed by atoms with Gasteiger partial charge in [-0.15, -0.1) is 0 Å². The monoisotopic (exact) mass is 815 g/mol. The molecule has 6 nitrogen and oxygen atoms in total. The number of carbonyl (C=O) groups is 3. The van der Waals surface area contributed by atoms with Gasteiger partial charge in [0, 0.05) is 19.3 Å². The second-order valence-corrected chi connectivity index (χ2v) is 16.7. The predicted octanol–water partition coefficient (Wildman–Crippen LogP) is 16.1. The Kier molecular flexibility index (Phi) is 45.4. The molecular weight excluding hydrogens is 721 g/mol. The standard InChI is InChI=1S/C52H94O6/c1-4-7-10-13-16-19-21-23-25-27-28-30-33-36-39-42-45-51(54)57-48-49(47-56-50(53)44-41-38-35-32-18-15-12-9-6-3)58-52(55)46-43-40-37-34-31-29-26-24-22-20-17-14-11-8-5-2/h17,20,24-27,49H,4-16,18-19,21-23,28-48H2,1-3H3/b20-17-,26-24-,27-25-. The maximum Gasteiger partial charge on any atom is 0.306 e. The number of allylic oxidation sites excluding steroid dienone is 6. The van der Waals surface area contributed by atoms with Crippen molar-refractivity contribution in [3.8, 4) is 0 Å². The molecule has 0 bridgehead atoms. The maximum atomic E-state index is 12.7. The molecule has 0 saturated carbocycles. The molecule has 58 heavy (non-hydrogen) atoms. The van der Waals surface area contributed by atoms with Crippen molar-refractivity contribution in [3.05, 3.63) is 36.5 Å². The van der Waals surface area contributed by atoms with E-state index in [0.29, 0.717) is 19.3 Å². The summed E-state index contributed by atoms with van der Waals surface area (Å²) >= 11 is 0. The lowest BCUT2D eigenvalue weighted by atomic mass is 10.1. The highest BCUT2D eigenvalue weighted by molar-refractivity contribution is 5.71. The molecule has 0 N–H and O–H groups in total. The van der Waals surface area contributed by atoms with Gasteiger partial charge in [0.25, 0.3) is 0 Å². The topological polar surface area (TPSA) is 78.9 Å². The van der Waals surface area contributed by atoms with E-state index in [4.69, 9.17) is 14.2 Å². The van der Waals surface area contributed by atoms with E-state index in [1.807, 2.05) is 0 Å². The highest BCUT2D eigenvalue weighted by Gasteiger charge is 2.19. The zero-order chi connectivity index (χ0) is 42.3. The zero-order valence-corrected chi connectivity index (χ0v) is 38.6. The third kappa shape index (κ3) is 44.7. The van der Waals surface area contributed by atoms with Gasteiger partial charge in [-0.3, -0.25) is 14.4 Å². The molecule has 0 heterocycles. The minimum absolute atomic E-state index is 0.0784. The fourth-order valence-corrected chi connectivity index (χ4v) is 7.05. The summed E-state index contributed by atoms with van der Waals surface area (Å²) in [4.78, 5) is 37.8. The van der Waals surface area contributed by atoms with Gasteiger partial charge in [0.2, 0.25) is 0 Å². The molecule has 0 amide bonds. The minimum atomic E-state index is -0.777. The van der Waals surface area contributed by atoms with Crippen molar-refractivity contribution in [2.75, 3.05) is 13.2 Å². The second-order valence-electron chi connectivity index (χ2n) is 16.7. The van der Waals surface area contributed by atoms with E-state index >= 15 is 0 Å². The molecule has 1 atom stereocenters. The van der Waals surface area contributed by atoms with Crippen LogP contribution in [0.1, 0.15) is 258 Å². The second kappa shape index (κ2) is 47.3. The van der Waals surface area contributed by atoms with Gasteiger partial charge < -0.3 is 14.2 Å². The zero-order valence-electron chi connectivity index (χ0n) is 38.6. The number of hydrogen-bond donors (Lipinski definition) is 0. The number of hydrogen-bond acceptors (Lipinski definition) is 6. The van der Waals surface area contributed by atoms with Crippen LogP contribution in [0.4, 0.5) is 0 Å². The fourth-order valence-electron chi connectivity index (χ4n) is 7.05. The van der Waals surface area contributed by atoms with Crippen molar-refractivity contribution < 1.29 is 28.6 Å². The Balaban J connectivity index is 4.35. The lowest BCUT2D eigenvalue weighted by molar-refractivity contribution is -0.167. The maximum absolute atomic E-state index is 12.7. The largest absolute Gasteiger partial charge is 0.462 e. The summed E-state index contributed by atoms with van der Waals surface area (Å²) in [5.41, 5.74) is 0. The molecule has 0 radical (unpaired) electrons. The number of rotatable bonds is 45. The van der Waals surface area contributed by atoms with Crippen molar-refractivity contribution in [3.63, 3.8) is 0 Å². The Morgan fingerprint density at radius 1 is 0.345 bits per heavy atom. The van der Waals surface area contributed by atoms with Crippen LogP contribution < -0.4 is 0 Å². The van der Waals surface area contributed by atoms with Gasteiger partial charge in [-0.2, -0.15) is 0 Å². The Morgan fingerprint density at radius 3 is 1.00 bits per heavy atom. The van der Waals surface area contributed by atoms with Gasteiger partial charge in [-0.1, -0.05) is 198 Å². The highest BCUT2D eigenvalue weighted by atomic mass is 16.6. The molecule has 1 unspecified atom stereocenters. The van der Waals surface area contributed by atoms with Gasteiger partial charge in [0.05, 0.1) is 0 Å². The van der Waals surface area contributed by atoms with E-state index in [0.717, 1.165) is 89.9 Å². The van der Waals surface area contributed by atoms with E-state index in [1.54, 1.807) is 0 Å². The van der Waals surface area contributed by atoms with E-state index in [-0.39, 0.29) is 31.1 Å². The summed E-state index contributed by atoms with van der Waals surface area (Å²) in [5, 5.41) is 0. The van der Waals surface area contributed by atoms with E-state index in [2.05, 4.69) is 57.2 Å². The molecule has 338 valence electrons. The molecule has 0 rings (SSSR count). The minimum Gasteiger partial charge on any atom is -0.462 e. The summed E-state index contributed by atoms with van der Waals surface area (Å²) in [5.74, 6) is -0.897. The van der Waals surface area contributed by atoms with Crippen molar-refractivity contribution in [2.24, 2.45) is 0 Å². The Labute approximate surface area is 359 Å². The Bertz CT molecular complexity index is 984. The molecule has 0 aliphatic rings. The van der Waals surface area contributed by atoms with E-state index < -0.39 is 6.10 Å². The van der Waals surface area contributed by atoms with Crippen LogP contribution in [0.25, 0.3) is 0 Å². The van der Waals surface area contributed by atoms with Crippen LogP contribution >= 0.6 is 0 Å².